The number of nitrogens with zero attached hydrogens (tertiary/aromatic N) is 1. The standard InChI is InChI=1S/C33H40BrN3O5S/c1-19-20(2)22(4)30(23(5)21(19)3)43(40,41)36-27-15-11-25(12-16-27)31(38)35-28-17-29(24-9-13-26(34)14-10-24)37(18-28)32(39)42-33(6,7)8/h9-16,28-29,36H,17-18H2,1-8H3,(H,35,38). The second kappa shape index (κ2) is 12.3. The molecule has 2 N–H and O–H groups in total. The summed E-state index contributed by atoms with van der Waals surface area (Å²) in [6.07, 6.45) is 0.0942. The molecule has 1 aliphatic heterocycles. The highest BCUT2D eigenvalue weighted by Gasteiger charge is 2.39. The first-order chi connectivity index (χ1) is 20.0. The molecule has 1 fully saturated rings. The van der Waals surface area contributed by atoms with Crippen molar-refractivity contribution in [3.8, 4) is 0 Å². The van der Waals surface area contributed by atoms with E-state index in [9.17, 15) is 18.0 Å². The van der Waals surface area contributed by atoms with E-state index in [1.165, 1.54) is 0 Å². The number of hydrogen-bond donors (Lipinski definition) is 2. The Bertz CT molecular complexity index is 1620. The van der Waals surface area contributed by atoms with Gasteiger partial charge in [-0.15, -0.1) is 0 Å². The summed E-state index contributed by atoms with van der Waals surface area (Å²) >= 11 is 3.46. The predicted octanol–water partition coefficient (Wildman–Crippen LogP) is 7.27. The molecule has 3 aromatic carbocycles. The lowest BCUT2D eigenvalue weighted by Gasteiger charge is -2.28. The number of halogens is 1. The molecule has 0 saturated carbocycles. The summed E-state index contributed by atoms with van der Waals surface area (Å²) in [7, 11) is -3.85. The Morgan fingerprint density at radius 2 is 1.40 bits per heavy atom. The topological polar surface area (TPSA) is 105 Å². The van der Waals surface area contributed by atoms with Crippen LogP contribution in [-0.4, -0.2) is 43.5 Å². The number of benzene rings is 3. The Balaban J connectivity index is 1.49. The van der Waals surface area contributed by atoms with E-state index in [1.807, 2.05) is 79.7 Å². The number of ether oxygens (including phenoxy) is 1. The van der Waals surface area contributed by atoms with Crippen LogP contribution in [0.3, 0.4) is 0 Å². The van der Waals surface area contributed by atoms with E-state index in [-0.39, 0.29) is 22.9 Å². The van der Waals surface area contributed by atoms with Gasteiger partial charge < -0.3 is 10.1 Å². The highest BCUT2D eigenvalue weighted by atomic mass is 79.9. The zero-order chi connectivity index (χ0) is 31.9. The number of sulfonamides is 1. The van der Waals surface area contributed by atoms with Gasteiger partial charge in [-0.05, 0) is 132 Å². The number of carbonyl (C=O) groups is 2. The van der Waals surface area contributed by atoms with Crippen LogP contribution in [-0.2, 0) is 14.8 Å². The van der Waals surface area contributed by atoms with E-state index >= 15 is 0 Å². The van der Waals surface area contributed by atoms with Gasteiger partial charge in [0.05, 0.1) is 10.9 Å². The predicted molar refractivity (Wildman–Crippen MR) is 173 cm³/mol. The van der Waals surface area contributed by atoms with Gasteiger partial charge in [-0.25, -0.2) is 13.2 Å². The van der Waals surface area contributed by atoms with Gasteiger partial charge in [0.15, 0.2) is 0 Å². The van der Waals surface area contributed by atoms with E-state index in [2.05, 4.69) is 26.0 Å². The minimum Gasteiger partial charge on any atom is -0.444 e. The van der Waals surface area contributed by atoms with Crippen molar-refractivity contribution in [2.75, 3.05) is 11.3 Å². The Kier molecular flexibility index (Phi) is 9.32. The number of likely N-dealkylation sites (tertiary alicyclic amines) is 1. The summed E-state index contributed by atoms with van der Waals surface area (Å²) in [6.45, 7) is 15.3. The number of rotatable bonds is 6. The van der Waals surface area contributed by atoms with E-state index < -0.39 is 21.7 Å². The first-order valence-corrected chi connectivity index (χ1v) is 16.5. The molecule has 1 saturated heterocycles. The van der Waals surface area contributed by atoms with Crippen molar-refractivity contribution in [1.82, 2.24) is 10.2 Å². The van der Waals surface area contributed by atoms with Gasteiger partial charge in [0.1, 0.15) is 5.60 Å². The third kappa shape index (κ3) is 7.24. The monoisotopic (exact) mass is 669 g/mol. The molecule has 3 aromatic rings. The lowest BCUT2D eigenvalue weighted by Crippen LogP contribution is -2.40. The largest absolute Gasteiger partial charge is 0.444 e. The second-order valence-corrected chi connectivity index (χ2v) is 14.8. The van der Waals surface area contributed by atoms with Gasteiger partial charge in [-0.3, -0.25) is 14.4 Å². The fourth-order valence-corrected chi connectivity index (χ4v) is 7.42. The van der Waals surface area contributed by atoms with Crippen LogP contribution < -0.4 is 10.0 Å². The summed E-state index contributed by atoms with van der Waals surface area (Å²) in [5.41, 5.74) is 5.48. The van der Waals surface area contributed by atoms with Crippen molar-refractivity contribution in [2.45, 2.75) is 84.4 Å². The zero-order valence-electron chi connectivity index (χ0n) is 26.0. The van der Waals surface area contributed by atoms with Crippen LogP contribution in [0.4, 0.5) is 10.5 Å². The van der Waals surface area contributed by atoms with E-state index in [0.29, 0.717) is 24.2 Å². The normalized spacial score (nSPS) is 17.1. The first-order valence-electron chi connectivity index (χ1n) is 14.2. The Morgan fingerprint density at radius 1 is 0.860 bits per heavy atom. The fraction of sp³-hybridized carbons (Fsp3) is 0.394. The van der Waals surface area contributed by atoms with Gasteiger partial charge in [0.2, 0.25) is 0 Å². The van der Waals surface area contributed by atoms with Crippen LogP contribution in [0.15, 0.2) is 57.9 Å². The molecular weight excluding hydrogens is 630 g/mol. The molecule has 0 aliphatic carbocycles. The molecule has 0 spiro atoms. The molecule has 2 unspecified atom stereocenters. The van der Waals surface area contributed by atoms with Gasteiger partial charge in [-0.1, -0.05) is 28.1 Å². The highest BCUT2D eigenvalue weighted by Crippen LogP contribution is 2.35. The van der Waals surface area contributed by atoms with Crippen molar-refractivity contribution < 1.29 is 22.7 Å². The summed E-state index contributed by atoms with van der Waals surface area (Å²) in [5, 5.41) is 3.04. The average Bonchev–Trinajstić information content (AvgIpc) is 3.34. The maximum Gasteiger partial charge on any atom is 0.410 e. The van der Waals surface area contributed by atoms with Crippen LogP contribution in [0.1, 0.15) is 77.0 Å². The number of anilines is 1. The van der Waals surface area contributed by atoms with E-state index in [4.69, 9.17) is 4.74 Å². The van der Waals surface area contributed by atoms with Crippen LogP contribution in [0.5, 0.6) is 0 Å². The van der Waals surface area contributed by atoms with Crippen molar-refractivity contribution in [3.63, 3.8) is 0 Å². The molecule has 0 aromatic heterocycles. The summed E-state index contributed by atoms with van der Waals surface area (Å²) in [5.74, 6) is -0.309. The number of nitrogens with one attached hydrogen (secondary N) is 2. The molecule has 1 heterocycles. The minimum absolute atomic E-state index is 0.258. The van der Waals surface area contributed by atoms with Crippen molar-refractivity contribution in [1.29, 1.82) is 0 Å². The maximum absolute atomic E-state index is 13.4. The highest BCUT2D eigenvalue weighted by molar-refractivity contribution is 9.10. The third-order valence-electron chi connectivity index (χ3n) is 8.12. The lowest BCUT2D eigenvalue weighted by atomic mass is 9.95. The van der Waals surface area contributed by atoms with Crippen LogP contribution >= 0.6 is 15.9 Å². The van der Waals surface area contributed by atoms with Crippen molar-refractivity contribution in [2.24, 2.45) is 0 Å². The quantitative estimate of drug-likeness (QED) is 0.287. The van der Waals surface area contributed by atoms with Crippen LogP contribution in [0.25, 0.3) is 0 Å². The van der Waals surface area contributed by atoms with Gasteiger partial charge in [-0.2, -0.15) is 0 Å². The smallest absolute Gasteiger partial charge is 0.410 e. The number of amides is 2. The van der Waals surface area contributed by atoms with Crippen molar-refractivity contribution in [3.05, 3.63) is 91.9 Å². The molecule has 4 rings (SSSR count). The molecule has 230 valence electrons. The Morgan fingerprint density at radius 3 is 1.93 bits per heavy atom. The SMILES string of the molecule is Cc1c(C)c(C)c(S(=O)(=O)Nc2ccc(C(=O)NC3CC(c4ccc(Br)cc4)N(C(=O)OC(C)(C)C)C3)cc2)c(C)c1C. The molecule has 1 aliphatic rings. The van der Waals surface area contributed by atoms with Gasteiger partial charge in [0.25, 0.3) is 15.9 Å². The summed E-state index contributed by atoms with van der Waals surface area (Å²) in [4.78, 5) is 28.3. The molecule has 2 amide bonds. The lowest BCUT2D eigenvalue weighted by molar-refractivity contribution is 0.0220. The molecule has 0 radical (unpaired) electrons. The van der Waals surface area contributed by atoms with Gasteiger partial charge in [0, 0.05) is 28.3 Å². The third-order valence-corrected chi connectivity index (χ3v) is 10.3. The van der Waals surface area contributed by atoms with Crippen molar-refractivity contribution >= 4 is 43.6 Å². The molecule has 8 nitrogen and oxygen atoms in total. The molecule has 43 heavy (non-hydrogen) atoms. The number of hydrogen-bond acceptors (Lipinski definition) is 5. The average molecular weight is 671 g/mol. The Hall–Kier alpha value is -3.37. The van der Waals surface area contributed by atoms with Gasteiger partial charge >= 0.3 is 6.09 Å². The first kappa shape index (κ1) is 32.5. The van der Waals surface area contributed by atoms with Crippen LogP contribution in [0, 0.1) is 34.6 Å². The molecular formula is C33H40BrN3O5S. The molecule has 0 bridgehead atoms. The summed E-state index contributed by atoms with van der Waals surface area (Å²) < 4.78 is 36.1. The summed E-state index contributed by atoms with van der Waals surface area (Å²) in [6, 6.07) is 13.5. The second-order valence-electron chi connectivity index (χ2n) is 12.2. The Labute approximate surface area is 263 Å². The number of carbonyl (C=O) groups excluding carboxylic acids is 2. The molecule has 2 atom stereocenters. The van der Waals surface area contributed by atoms with E-state index in [0.717, 1.165) is 37.9 Å². The molecule has 10 heteroatoms. The van der Waals surface area contributed by atoms with E-state index in [1.54, 1.807) is 29.2 Å². The van der Waals surface area contributed by atoms with Crippen LogP contribution in [0.2, 0.25) is 0 Å². The fourth-order valence-electron chi connectivity index (χ4n) is 5.50. The minimum atomic E-state index is -3.85. The zero-order valence-corrected chi connectivity index (χ0v) is 28.4. The maximum atomic E-state index is 13.4.